The van der Waals surface area contributed by atoms with Crippen LogP contribution in [0.15, 0.2) is 20.1 Å². The third-order valence-corrected chi connectivity index (χ3v) is 3.68. The average molecular weight is 266 g/mol. The van der Waals surface area contributed by atoms with Crippen molar-refractivity contribution >= 4 is 63.8 Å². The molecular weight excluding hydrogens is 265 g/mol. The van der Waals surface area contributed by atoms with Crippen LogP contribution in [-0.2, 0) is 4.79 Å². The molecule has 0 bridgehead atoms. The number of rotatable bonds is 0. The fraction of sp³-hybridized carbons (Fsp3) is 0.167. The van der Waals surface area contributed by atoms with Crippen LogP contribution in [-0.4, -0.2) is 11.2 Å². The Hall–Kier alpha value is 0.600. The number of carbonyl (C=O) groups is 1. The van der Waals surface area contributed by atoms with E-state index < -0.39 is 11.2 Å². The second-order valence-corrected chi connectivity index (χ2v) is 4.02. The van der Waals surface area contributed by atoms with Gasteiger partial charge in [0.25, 0.3) is 0 Å². The van der Waals surface area contributed by atoms with E-state index >= 15 is 0 Å². The van der Waals surface area contributed by atoms with Gasteiger partial charge < -0.3 is 0 Å². The number of ketones is 1. The summed E-state index contributed by atoms with van der Waals surface area (Å²) in [5.41, 5.74) is 0. The van der Waals surface area contributed by atoms with Gasteiger partial charge in [0.05, 0.1) is 10.1 Å². The molecule has 1 rings (SSSR count). The van der Waals surface area contributed by atoms with E-state index in [0.717, 1.165) is 0 Å². The Morgan fingerprint density at radius 1 is 0.917 bits per heavy atom. The van der Waals surface area contributed by atoms with E-state index in [-0.39, 0.29) is 20.1 Å². The summed E-state index contributed by atoms with van der Waals surface area (Å²) in [4.78, 5) is 11.1. The minimum atomic E-state index is -0.814. The highest BCUT2D eigenvalue weighted by Crippen LogP contribution is 2.38. The molecule has 1 aliphatic carbocycles. The molecule has 12 heavy (non-hydrogen) atoms. The standard InChI is InChI=1S/C6HCl5O/c7-1-2(8)4(10)6(12)5(11)3(1)9/h1H. The smallest absolute Gasteiger partial charge is 0.218 e. The van der Waals surface area contributed by atoms with Crippen molar-refractivity contribution in [2.45, 2.75) is 5.38 Å². The molecule has 0 aromatic carbocycles. The minimum absolute atomic E-state index is 0.0118. The molecule has 0 heterocycles. The van der Waals surface area contributed by atoms with E-state index in [9.17, 15) is 4.79 Å². The van der Waals surface area contributed by atoms with Crippen LogP contribution >= 0.6 is 58.0 Å². The van der Waals surface area contributed by atoms with E-state index in [1.54, 1.807) is 0 Å². The minimum Gasteiger partial charge on any atom is -0.287 e. The van der Waals surface area contributed by atoms with Gasteiger partial charge in [-0.15, -0.1) is 11.6 Å². The molecule has 0 atom stereocenters. The normalized spacial score (nSPS) is 20.9. The molecule has 0 aromatic heterocycles. The maximum absolute atomic E-state index is 11.1. The lowest BCUT2D eigenvalue weighted by Gasteiger charge is -2.15. The number of allylic oxidation sites excluding steroid dienone is 4. The van der Waals surface area contributed by atoms with Gasteiger partial charge in [-0.25, -0.2) is 0 Å². The predicted molar refractivity (Wildman–Crippen MR) is 52.1 cm³/mol. The summed E-state index contributed by atoms with van der Waals surface area (Å²) in [6.45, 7) is 0. The zero-order valence-electron chi connectivity index (χ0n) is 5.38. The summed E-state index contributed by atoms with van der Waals surface area (Å²) in [5, 5.41) is -1.14. The Balaban J connectivity index is 3.22. The van der Waals surface area contributed by atoms with Gasteiger partial charge in [0.1, 0.15) is 15.4 Å². The van der Waals surface area contributed by atoms with Crippen LogP contribution < -0.4 is 0 Å². The molecule has 0 amide bonds. The lowest BCUT2D eigenvalue weighted by Crippen LogP contribution is -2.15. The van der Waals surface area contributed by atoms with Crippen molar-refractivity contribution in [2.75, 3.05) is 0 Å². The van der Waals surface area contributed by atoms with E-state index in [2.05, 4.69) is 0 Å². The van der Waals surface area contributed by atoms with Crippen molar-refractivity contribution < 1.29 is 4.79 Å². The molecule has 0 saturated heterocycles. The van der Waals surface area contributed by atoms with Gasteiger partial charge in [-0.3, -0.25) is 4.79 Å². The SMILES string of the molecule is O=C1C(Cl)=C(Cl)C(Cl)C(Cl)=C1Cl. The Bertz CT molecular complexity index is 275. The van der Waals surface area contributed by atoms with Crippen LogP contribution in [0.5, 0.6) is 0 Å². The molecule has 0 spiro atoms. The summed E-state index contributed by atoms with van der Waals surface area (Å²) in [7, 11) is 0. The molecule has 1 nitrogen and oxygen atoms in total. The summed E-state index contributed by atoms with van der Waals surface area (Å²) < 4.78 is 0. The zero-order valence-corrected chi connectivity index (χ0v) is 9.16. The highest BCUT2D eigenvalue weighted by atomic mass is 35.5. The first-order valence-electron chi connectivity index (χ1n) is 2.76. The van der Waals surface area contributed by atoms with Crippen molar-refractivity contribution in [3.05, 3.63) is 20.1 Å². The van der Waals surface area contributed by atoms with E-state index in [4.69, 9.17) is 58.0 Å². The molecule has 6 heteroatoms. The van der Waals surface area contributed by atoms with Crippen LogP contribution in [0.4, 0.5) is 0 Å². The number of Topliss-reactive ketones (excluding diaryl/α,β-unsaturated/α-hetero) is 1. The lowest BCUT2D eigenvalue weighted by molar-refractivity contribution is -0.111. The Morgan fingerprint density at radius 2 is 1.25 bits per heavy atom. The Kier molecular flexibility index (Phi) is 3.35. The Morgan fingerprint density at radius 3 is 1.58 bits per heavy atom. The van der Waals surface area contributed by atoms with Crippen molar-refractivity contribution in [3.63, 3.8) is 0 Å². The molecule has 0 radical (unpaired) electrons. The summed E-state index contributed by atoms with van der Waals surface area (Å²) in [6, 6.07) is 0. The van der Waals surface area contributed by atoms with E-state index in [1.807, 2.05) is 0 Å². The first kappa shape index (κ1) is 10.7. The van der Waals surface area contributed by atoms with Crippen LogP contribution in [0, 0.1) is 0 Å². The van der Waals surface area contributed by atoms with Gasteiger partial charge >= 0.3 is 0 Å². The van der Waals surface area contributed by atoms with Gasteiger partial charge in [0.2, 0.25) is 5.78 Å². The summed E-state index contributed by atoms with van der Waals surface area (Å²) >= 11 is 27.9. The predicted octanol–water partition coefficient (Wildman–Crippen LogP) is 3.55. The fourth-order valence-corrected chi connectivity index (χ4v) is 1.88. The molecule has 0 N–H and O–H groups in total. The molecule has 0 fully saturated rings. The monoisotopic (exact) mass is 264 g/mol. The zero-order chi connectivity index (χ0) is 9.46. The van der Waals surface area contributed by atoms with Crippen molar-refractivity contribution in [1.29, 1.82) is 0 Å². The van der Waals surface area contributed by atoms with Gasteiger partial charge in [-0.1, -0.05) is 46.4 Å². The lowest BCUT2D eigenvalue weighted by atomic mass is 10.2. The van der Waals surface area contributed by atoms with Gasteiger partial charge in [-0.2, -0.15) is 0 Å². The molecule has 0 saturated carbocycles. The summed E-state index contributed by atoms with van der Waals surface area (Å²) in [6.07, 6.45) is 0. The molecule has 0 unspecified atom stereocenters. The third kappa shape index (κ3) is 1.61. The van der Waals surface area contributed by atoms with Gasteiger partial charge in [0, 0.05) is 0 Å². The van der Waals surface area contributed by atoms with Gasteiger partial charge in [0.15, 0.2) is 0 Å². The first-order chi connectivity index (χ1) is 5.46. The van der Waals surface area contributed by atoms with Crippen molar-refractivity contribution in [3.8, 4) is 0 Å². The number of carbonyl (C=O) groups excluding carboxylic acids is 1. The second-order valence-electron chi connectivity index (χ2n) is 2.02. The van der Waals surface area contributed by atoms with Gasteiger partial charge in [-0.05, 0) is 0 Å². The molecule has 0 aromatic rings. The summed E-state index contributed by atoms with van der Waals surface area (Å²) in [5.74, 6) is -0.592. The van der Waals surface area contributed by atoms with Crippen molar-refractivity contribution in [2.24, 2.45) is 0 Å². The fourth-order valence-electron chi connectivity index (χ4n) is 0.647. The van der Waals surface area contributed by atoms with E-state index in [0.29, 0.717) is 0 Å². The maximum atomic E-state index is 11.1. The quantitative estimate of drug-likeness (QED) is 0.613. The first-order valence-corrected chi connectivity index (χ1v) is 4.70. The van der Waals surface area contributed by atoms with E-state index in [1.165, 1.54) is 0 Å². The number of alkyl halides is 1. The molecule has 0 aliphatic heterocycles. The highest BCUT2D eigenvalue weighted by Gasteiger charge is 2.31. The molecule has 66 valence electrons. The average Bonchev–Trinajstić information content (AvgIpc) is 2.08. The Labute approximate surface area is 93.9 Å². The number of halogens is 5. The molecular formula is C6HCl5O. The highest BCUT2D eigenvalue weighted by molar-refractivity contribution is 6.62. The topological polar surface area (TPSA) is 17.1 Å². The van der Waals surface area contributed by atoms with Crippen LogP contribution in [0.3, 0.4) is 0 Å². The second kappa shape index (κ2) is 3.77. The number of hydrogen-bond donors (Lipinski definition) is 0. The third-order valence-electron chi connectivity index (χ3n) is 1.26. The van der Waals surface area contributed by atoms with Crippen molar-refractivity contribution in [1.82, 2.24) is 0 Å². The van der Waals surface area contributed by atoms with Crippen LogP contribution in [0.2, 0.25) is 0 Å². The molecule has 1 aliphatic rings. The van der Waals surface area contributed by atoms with Crippen LogP contribution in [0.1, 0.15) is 0 Å². The largest absolute Gasteiger partial charge is 0.287 e. The number of hydrogen-bond acceptors (Lipinski definition) is 1. The maximum Gasteiger partial charge on any atom is 0.218 e. The van der Waals surface area contributed by atoms with Crippen LogP contribution in [0.25, 0.3) is 0 Å².